The van der Waals surface area contributed by atoms with E-state index in [-0.39, 0.29) is 11.7 Å². The third-order valence-corrected chi connectivity index (χ3v) is 7.85. The van der Waals surface area contributed by atoms with Crippen LogP contribution in [0.2, 0.25) is 0 Å². The molecule has 2 aliphatic rings. The van der Waals surface area contributed by atoms with Crippen LogP contribution in [0.1, 0.15) is 5.56 Å². The highest BCUT2D eigenvalue weighted by atomic mass is 32.2. The van der Waals surface area contributed by atoms with Crippen LogP contribution in [0, 0.1) is 6.92 Å². The molecule has 1 saturated heterocycles. The number of nitrogens with zero attached hydrogens (tertiary/aromatic N) is 3. The van der Waals surface area contributed by atoms with Crippen molar-refractivity contribution in [1.82, 2.24) is 0 Å². The van der Waals surface area contributed by atoms with Crippen LogP contribution >= 0.6 is 23.5 Å². The van der Waals surface area contributed by atoms with Crippen LogP contribution in [0.3, 0.4) is 0 Å². The topological polar surface area (TPSA) is 65.4 Å². The number of methoxy groups -OCH3 is 1. The number of rotatable bonds is 3. The fraction of sp³-hybridized carbons (Fsp3) is 0.120. The number of para-hydroxylation sites is 1. The SMILES string of the molecule is COc1ccc2c(c1)N(C)C(=C1SC(=Nc3ccccc3C)N(c3ccc(O)cc3)C1=O)S2. The van der Waals surface area contributed by atoms with Crippen LogP contribution in [-0.2, 0) is 4.79 Å². The van der Waals surface area contributed by atoms with Gasteiger partial charge in [0.15, 0.2) is 5.17 Å². The lowest BCUT2D eigenvalue weighted by Gasteiger charge is -2.17. The zero-order valence-corrected chi connectivity index (χ0v) is 19.9. The molecule has 8 heteroatoms. The van der Waals surface area contributed by atoms with Crippen molar-refractivity contribution in [3.8, 4) is 11.5 Å². The molecule has 3 aromatic rings. The molecule has 2 aliphatic heterocycles. The number of phenolic OH excluding ortho intramolecular Hbond substituents is 1. The molecule has 1 fully saturated rings. The Labute approximate surface area is 200 Å². The van der Waals surface area contributed by atoms with E-state index in [0.29, 0.717) is 15.8 Å². The lowest BCUT2D eigenvalue weighted by molar-refractivity contribution is -0.113. The van der Waals surface area contributed by atoms with Gasteiger partial charge in [0, 0.05) is 18.0 Å². The second-order valence-electron chi connectivity index (χ2n) is 7.57. The number of benzene rings is 3. The van der Waals surface area contributed by atoms with Crippen molar-refractivity contribution in [2.24, 2.45) is 4.99 Å². The lowest BCUT2D eigenvalue weighted by atomic mass is 10.2. The van der Waals surface area contributed by atoms with Crippen molar-refractivity contribution in [1.29, 1.82) is 0 Å². The minimum absolute atomic E-state index is 0.143. The third-order valence-electron chi connectivity index (χ3n) is 5.45. The van der Waals surface area contributed by atoms with E-state index >= 15 is 0 Å². The van der Waals surface area contributed by atoms with Gasteiger partial charge >= 0.3 is 0 Å². The molecule has 1 N–H and O–H groups in total. The van der Waals surface area contributed by atoms with Crippen LogP contribution in [0.25, 0.3) is 0 Å². The summed E-state index contributed by atoms with van der Waals surface area (Å²) in [7, 11) is 3.60. The number of amidine groups is 1. The Morgan fingerprint density at radius 3 is 2.48 bits per heavy atom. The van der Waals surface area contributed by atoms with Gasteiger partial charge in [0.2, 0.25) is 0 Å². The standard InChI is InChI=1S/C25H21N3O3S2/c1-15-6-4-5-7-19(15)26-25-28(16-8-10-17(29)11-9-16)23(30)22(33-25)24-27(2)20-14-18(31-3)12-13-21(20)32-24/h4-14,29H,1-3H3. The molecule has 33 heavy (non-hydrogen) atoms. The highest BCUT2D eigenvalue weighted by molar-refractivity contribution is 8.20. The number of carbonyl (C=O) groups excluding carboxylic acids is 1. The van der Waals surface area contributed by atoms with Crippen LogP contribution in [-0.4, -0.2) is 30.3 Å². The number of amides is 1. The molecule has 0 aromatic heterocycles. The van der Waals surface area contributed by atoms with Crippen LogP contribution < -0.4 is 14.5 Å². The summed E-state index contributed by atoms with van der Waals surface area (Å²) in [6.07, 6.45) is 0. The maximum atomic E-state index is 13.7. The van der Waals surface area contributed by atoms with E-state index in [1.807, 2.05) is 61.3 Å². The van der Waals surface area contributed by atoms with Crippen LogP contribution in [0.4, 0.5) is 17.1 Å². The number of anilines is 2. The highest BCUT2D eigenvalue weighted by Gasteiger charge is 2.40. The highest BCUT2D eigenvalue weighted by Crippen LogP contribution is 2.51. The maximum absolute atomic E-state index is 13.7. The number of carbonyl (C=O) groups is 1. The van der Waals surface area contributed by atoms with E-state index in [9.17, 15) is 9.90 Å². The van der Waals surface area contributed by atoms with Crippen molar-refractivity contribution >= 4 is 51.7 Å². The van der Waals surface area contributed by atoms with E-state index in [2.05, 4.69) is 0 Å². The zero-order valence-electron chi connectivity index (χ0n) is 18.3. The average molecular weight is 476 g/mol. The Hall–Kier alpha value is -3.36. The Morgan fingerprint density at radius 2 is 1.76 bits per heavy atom. The second kappa shape index (κ2) is 8.53. The number of aromatic hydroxyl groups is 1. The first kappa shape index (κ1) is 21.5. The summed E-state index contributed by atoms with van der Waals surface area (Å²) in [4.78, 5) is 23.9. The summed E-state index contributed by atoms with van der Waals surface area (Å²) < 4.78 is 5.38. The van der Waals surface area contributed by atoms with E-state index in [1.165, 1.54) is 11.8 Å². The van der Waals surface area contributed by atoms with E-state index in [0.717, 1.165) is 32.6 Å². The molecule has 6 nitrogen and oxygen atoms in total. The van der Waals surface area contributed by atoms with E-state index in [1.54, 1.807) is 48.0 Å². The molecule has 1 amide bonds. The first-order chi connectivity index (χ1) is 16.0. The Balaban J connectivity index is 1.61. The number of aliphatic imine (C=N–C) groups is 1. The normalized spacial score (nSPS) is 18.9. The van der Waals surface area contributed by atoms with Gasteiger partial charge in [-0.1, -0.05) is 30.0 Å². The van der Waals surface area contributed by atoms with Crippen LogP contribution in [0.5, 0.6) is 11.5 Å². The van der Waals surface area contributed by atoms with Crippen LogP contribution in [0.15, 0.2) is 86.6 Å². The van der Waals surface area contributed by atoms with Gasteiger partial charge in [-0.25, -0.2) is 4.99 Å². The van der Waals surface area contributed by atoms with E-state index in [4.69, 9.17) is 9.73 Å². The van der Waals surface area contributed by atoms with Gasteiger partial charge in [-0.3, -0.25) is 9.69 Å². The van der Waals surface area contributed by atoms with E-state index < -0.39 is 0 Å². The molecular formula is C25H21N3O3S2. The van der Waals surface area contributed by atoms with Gasteiger partial charge < -0.3 is 14.7 Å². The minimum atomic E-state index is -0.146. The minimum Gasteiger partial charge on any atom is -0.508 e. The predicted octanol–water partition coefficient (Wildman–Crippen LogP) is 5.89. The molecule has 0 radical (unpaired) electrons. The van der Waals surface area contributed by atoms with Crippen molar-refractivity contribution in [3.05, 3.63) is 82.2 Å². The fourth-order valence-corrected chi connectivity index (χ4v) is 5.97. The molecule has 0 unspecified atom stereocenters. The van der Waals surface area contributed by atoms with Crippen molar-refractivity contribution in [3.63, 3.8) is 0 Å². The summed E-state index contributed by atoms with van der Waals surface area (Å²) in [6, 6.07) is 20.3. The molecule has 5 rings (SSSR count). The quantitative estimate of drug-likeness (QED) is 0.477. The average Bonchev–Trinajstić information content (AvgIpc) is 3.32. The Kier molecular flexibility index (Phi) is 5.55. The number of hydrogen-bond acceptors (Lipinski definition) is 7. The number of thioether (sulfide) groups is 2. The summed E-state index contributed by atoms with van der Waals surface area (Å²) >= 11 is 2.92. The smallest absolute Gasteiger partial charge is 0.274 e. The molecule has 0 saturated carbocycles. The Bertz CT molecular complexity index is 1320. The summed E-state index contributed by atoms with van der Waals surface area (Å²) in [5.41, 5.74) is 3.48. The largest absolute Gasteiger partial charge is 0.508 e. The van der Waals surface area contributed by atoms with Gasteiger partial charge in [-0.05, 0) is 66.7 Å². The van der Waals surface area contributed by atoms with Crippen molar-refractivity contribution in [2.45, 2.75) is 11.8 Å². The number of phenols is 1. The summed E-state index contributed by atoms with van der Waals surface area (Å²) in [5.74, 6) is 0.766. The molecule has 3 aromatic carbocycles. The first-order valence-corrected chi connectivity index (χ1v) is 11.9. The molecule has 0 atom stereocenters. The second-order valence-corrected chi connectivity index (χ2v) is 9.58. The maximum Gasteiger partial charge on any atom is 0.274 e. The predicted molar refractivity (Wildman–Crippen MR) is 136 cm³/mol. The third kappa shape index (κ3) is 3.85. The zero-order chi connectivity index (χ0) is 23.1. The Morgan fingerprint density at radius 1 is 1.00 bits per heavy atom. The number of fused-ring (bicyclic) bond motifs is 1. The lowest BCUT2D eigenvalue weighted by Crippen LogP contribution is -2.29. The van der Waals surface area contributed by atoms with Gasteiger partial charge in [-0.2, -0.15) is 0 Å². The molecule has 0 bridgehead atoms. The molecule has 0 aliphatic carbocycles. The van der Waals surface area contributed by atoms with Gasteiger partial charge in [0.05, 0.1) is 29.2 Å². The molecule has 0 spiro atoms. The number of aryl methyl sites for hydroxylation is 1. The van der Waals surface area contributed by atoms with Gasteiger partial charge in [0.25, 0.3) is 5.91 Å². The van der Waals surface area contributed by atoms with Gasteiger partial charge in [-0.15, -0.1) is 0 Å². The van der Waals surface area contributed by atoms with Gasteiger partial charge in [0.1, 0.15) is 16.4 Å². The fourth-order valence-electron chi connectivity index (χ4n) is 3.65. The molecule has 166 valence electrons. The number of ether oxygens (including phenoxy) is 1. The van der Waals surface area contributed by atoms with Crippen molar-refractivity contribution < 1.29 is 14.6 Å². The monoisotopic (exact) mass is 475 g/mol. The summed E-state index contributed by atoms with van der Waals surface area (Å²) in [6.45, 7) is 2.00. The summed E-state index contributed by atoms with van der Waals surface area (Å²) in [5, 5.41) is 11.2. The molecular weight excluding hydrogens is 454 g/mol. The van der Waals surface area contributed by atoms with Crippen molar-refractivity contribution in [2.75, 3.05) is 24.0 Å². The number of hydrogen-bond donors (Lipinski definition) is 1. The first-order valence-electron chi connectivity index (χ1n) is 10.3. The molecule has 2 heterocycles.